The van der Waals surface area contributed by atoms with E-state index in [1.165, 1.54) is 14.2 Å². The van der Waals surface area contributed by atoms with Gasteiger partial charge in [0.25, 0.3) is 0 Å². The van der Waals surface area contributed by atoms with E-state index in [-0.39, 0.29) is 6.61 Å². The molecule has 6 heteroatoms. The number of fused-ring (bicyclic) bond motifs is 1. The predicted molar refractivity (Wildman–Crippen MR) is 88.8 cm³/mol. The van der Waals surface area contributed by atoms with Crippen LogP contribution < -0.4 is 24.7 Å². The Morgan fingerprint density at radius 3 is 2.54 bits per heavy atom. The van der Waals surface area contributed by atoms with Crippen molar-refractivity contribution < 1.29 is 24.1 Å². The molecule has 3 N–H and O–H groups in total. The van der Waals surface area contributed by atoms with E-state index < -0.39 is 12.1 Å². The van der Waals surface area contributed by atoms with E-state index in [4.69, 9.17) is 24.7 Å². The van der Waals surface area contributed by atoms with Crippen molar-refractivity contribution in [3.8, 4) is 23.0 Å². The number of ether oxygens (including phenoxy) is 4. The molecular formula is C18H21NO5. The quantitative estimate of drug-likeness (QED) is 0.872. The highest BCUT2D eigenvalue weighted by Gasteiger charge is 2.33. The molecule has 0 spiro atoms. The molecule has 1 aliphatic heterocycles. The number of aliphatic hydroxyl groups is 1. The molecule has 3 rings (SSSR count). The van der Waals surface area contributed by atoms with Crippen molar-refractivity contribution in [1.82, 2.24) is 0 Å². The van der Waals surface area contributed by atoms with E-state index in [9.17, 15) is 5.11 Å². The molecule has 128 valence electrons. The van der Waals surface area contributed by atoms with E-state index in [1.54, 1.807) is 6.07 Å². The van der Waals surface area contributed by atoms with Crippen LogP contribution in [0.15, 0.2) is 36.4 Å². The Bertz CT molecular complexity index is 704. The zero-order valence-corrected chi connectivity index (χ0v) is 13.7. The molecule has 0 amide bonds. The van der Waals surface area contributed by atoms with E-state index >= 15 is 0 Å². The summed E-state index contributed by atoms with van der Waals surface area (Å²) >= 11 is 0. The van der Waals surface area contributed by atoms with Gasteiger partial charge < -0.3 is 29.8 Å². The van der Waals surface area contributed by atoms with Crippen molar-refractivity contribution >= 4 is 0 Å². The summed E-state index contributed by atoms with van der Waals surface area (Å²) in [6, 6.07) is 10.9. The van der Waals surface area contributed by atoms with E-state index in [2.05, 4.69) is 0 Å². The molecule has 24 heavy (non-hydrogen) atoms. The van der Waals surface area contributed by atoms with Gasteiger partial charge in [0.15, 0.2) is 11.5 Å². The average Bonchev–Trinajstić information content (AvgIpc) is 2.62. The Kier molecular flexibility index (Phi) is 4.78. The highest BCUT2D eigenvalue weighted by molar-refractivity contribution is 5.63. The molecule has 0 aliphatic carbocycles. The van der Waals surface area contributed by atoms with Gasteiger partial charge in [-0.3, -0.25) is 0 Å². The van der Waals surface area contributed by atoms with Gasteiger partial charge in [0.1, 0.15) is 25.1 Å². The van der Waals surface area contributed by atoms with Crippen LogP contribution in [0.3, 0.4) is 0 Å². The van der Waals surface area contributed by atoms with E-state index in [0.29, 0.717) is 35.2 Å². The number of hydrogen-bond acceptors (Lipinski definition) is 6. The van der Waals surface area contributed by atoms with Crippen LogP contribution in [0.4, 0.5) is 0 Å². The van der Waals surface area contributed by atoms with Crippen molar-refractivity contribution in [2.75, 3.05) is 20.8 Å². The van der Waals surface area contributed by atoms with Gasteiger partial charge in [0, 0.05) is 6.07 Å². The Labute approximate surface area is 140 Å². The van der Waals surface area contributed by atoms with Crippen LogP contribution in [0.2, 0.25) is 0 Å². The summed E-state index contributed by atoms with van der Waals surface area (Å²) in [5.41, 5.74) is 7.71. The van der Waals surface area contributed by atoms with Crippen LogP contribution in [-0.2, 0) is 6.61 Å². The molecule has 0 saturated carbocycles. The van der Waals surface area contributed by atoms with Gasteiger partial charge in [-0.05, 0) is 5.56 Å². The second-order valence-electron chi connectivity index (χ2n) is 5.53. The van der Waals surface area contributed by atoms with Crippen LogP contribution in [0.25, 0.3) is 0 Å². The molecule has 2 aromatic rings. The van der Waals surface area contributed by atoms with E-state index in [0.717, 1.165) is 5.56 Å². The number of rotatable bonds is 5. The van der Waals surface area contributed by atoms with Gasteiger partial charge in [-0.1, -0.05) is 30.3 Å². The van der Waals surface area contributed by atoms with Gasteiger partial charge in [-0.25, -0.2) is 0 Å². The minimum absolute atomic E-state index is 0.127. The normalized spacial score (nSPS) is 19.2. The Morgan fingerprint density at radius 2 is 1.88 bits per heavy atom. The summed E-state index contributed by atoms with van der Waals surface area (Å²) in [6.07, 6.45) is -0.799. The minimum Gasteiger partial charge on any atom is -0.492 e. The first-order valence-electron chi connectivity index (χ1n) is 7.67. The second kappa shape index (κ2) is 6.98. The molecule has 0 fully saturated rings. The summed E-state index contributed by atoms with van der Waals surface area (Å²) in [5.74, 6) is 1.89. The molecule has 0 aromatic heterocycles. The second-order valence-corrected chi connectivity index (χ2v) is 5.53. The SMILES string of the molecule is COc1c(OCc2ccccc2)cc2c(c1OC)C(N)C(O)CO2. The van der Waals surface area contributed by atoms with E-state index in [1.807, 2.05) is 30.3 Å². The van der Waals surface area contributed by atoms with Gasteiger partial charge >= 0.3 is 0 Å². The maximum atomic E-state index is 9.95. The topological polar surface area (TPSA) is 83.2 Å². The molecule has 0 saturated heterocycles. The standard InChI is InChI=1S/C18H21NO5/c1-21-17-14(23-9-11-6-4-3-5-7-11)8-13-15(18(17)22-2)16(19)12(20)10-24-13/h3-8,12,16,20H,9-10,19H2,1-2H3. The smallest absolute Gasteiger partial charge is 0.203 e. The summed E-state index contributed by atoms with van der Waals surface area (Å²) < 4.78 is 22.4. The fourth-order valence-electron chi connectivity index (χ4n) is 2.75. The lowest BCUT2D eigenvalue weighted by atomic mass is 9.97. The molecule has 2 aromatic carbocycles. The molecule has 2 unspecified atom stereocenters. The Hall–Kier alpha value is -2.44. The summed E-state index contributed by atoms with van der Waals surface area (Å²) in [4.78, 5) is 0. The first-order chi connectivity index (χ1) is 11.7. The number of aliphatic hydroxyl groups excluding tert-OH is 1. The number of nitrogens with two attached hydrogens (primary N) is 1. The van der Waals surface area contributed by atoms with Crippen LogP contribution in [0.5, 0.6) is 23.0 Å². The zero-order chi connectivity index (χ0) is 17.1. The summed E-state index contributed by atoms with van der Waals surface area (Å²) in [7, 11) is 3.05. The molecule has 0 bridgehead atoms. The third-order valence-corrected chi connectivity index (χ3v) is 4.01. The molecule has 2 atom stereocenters. The van der Waals surface area contributed by atoms with Gasteiger partial charge in [-0.15, -0.1) is 0 Å². The van der Waals surface area contributed by atoms with Crippen molar-refractivity contribution in [2.45, 2.75) is 18.8 Å². The van der Waals surface area contributed by atoms with Crippen LogP contribution >= 0.6 is 0 Å². The van der Waals surface area contributed by atoms with Gasteiger partial charge in [0.05, 0.1) is 25.8 Å². The van der Waals surface area contributed by atoms with Gasteiger partial charge in [-0.2, -0.15) is 0 Å². The Balaban J connectivity index is 1.98. The largest absolute Gasteiger partial charge is 0.492 e. The lowest BCUT2D eigenvalue weighted by molar-refractivity contribution is 0.0658. The highest BCUT2D eigenvalue weighted by atomic mass is 16.5. The number of hydrogen-bond donors (Lipinski definition) is 2. The summed E-state index contributed by atoms with van der Waals surface area (Å²) in [6.45, 7) is 0.510. The maximum absolute atomic E-state index is 9.95. The van der Waals surface area contributed by atoms with Crippen molar-refractivity contribution in [1.29, 1.82) is 0 Å². The van der Waals surface area contributed by atoms with Crippen LogP contribution in [0.1, 0.15) is 17.2 Å². The number of methoxy groups -OCH3 is 2. The molecule has 6 nitrogen and oxygen atoms in total. The predicted octanol–water partition coefficient (Wildman–Crippen LogP) is 2.04. The van der Waals surface area contributed by atoms with Crippen molar-refractivity contribution in [2.24, 2.45) is 5.73 Å². The minimum atomic E-state index is -0.799. The van der Waals surface area contributed by atoms with Crippen LogP contribution in [-0.4, -0.2) is 32.0 Å². The maximum Gasteiger partial charge on any atom is 0.203 e. The number of benzene rings is 2. The monoisotopic (exact) mass is 331 g/mol. The van der Waals surface area contributed by atoms with Crippen molar-refractivity contribution in [3.63, 3.8) is 0 Å². The van der Waals surface area contributed by atoms with Crippen LogP contribution in [0, 0.1) is 0 Å². The van der Waals surface area contributed by atoms with Gasteiger partial charge in [0.2, 0.25) is 5.75 Å². The molecule has 1 aliphatic rings. The lowest BCUT2D eigenvalue weighted by Gasteiger charge is -2.30. The third-order valence-electron chi connectivity index (χ3n) is 4.01. The fraction of sp³-hybridized carbons (Fsp3) is 0.333. The lowest BCUT2D eigenvalue weighted by Crippen LogP contribution is -2.36. The van der Waals surface area contributed by atoms with Crippen molar-refractivity contribution in [3.05, 3.63) is 47.5 Å². The highest BCUT2D eigenvalue weighted by Crippen LogP contribution is 2.49. The molecule has 0 radical (unpaired) electrons. The fourth-order valence-corrected chi connectivity index (χ4v) is 2.75. The zero-order valence-electron chi connectivity index (χ0n) is 13.7. The first kappa shape index (κ1) is 16.4. The molecule has 1 heterocycles. The average molecular weight is 331 g/mol. The molecular weight excluding hydrogens is 310 g/mol. The Morgan fingerprint density at radius 1 is 1.17 bits per heavy atom. The summed E-state index contributed by atoms with van der Waals surface area (Å²) in [5, 5.41) is 9.95. The first-order valence-corrected chi connectivity index (χ1v) is 7.67. The third kappa shape index (κ3) is 2.98.